The Morgan fingerprint density at radius 2 is 1.92 bits per heavy atom. The van der Waals surface area contributed by atoms with Crippen LogP contribution in [0.2, 0.25) is 0 Å². The predicted molar refractivity (Wildman–Crippen MR) is 99.3 cm³/mol. The molecule has 1 aromatic carbocycles. The smallest absolute Gasteiger partial charge is 0.298 e. The Morgan fingerprint density at radius 3 is 2.58 bits per heavy atom. The molecule has 1 aliphatic rings. The maximum atomic E-state index is 13.3. The normalized spacial score (nSPS) is 21.0. The summed E-state index contributed by atoms with van der Waals surface area (Å²) in [4.78, 5) is 24.4. The van der Waals surface area contributed by atoms with E-state index in [1.165, 1.54) is 18.1 Å². The lowest BCUT2D eigenvalue weighted by atomic mass is 9.83. The molecule has 0 bridgehead atoms. The molecule has 1 heterocycles. The number of benzene rings is 1. The summed E-state index contributed by atoms with van der Waals surface area (Å²) >= 11 is 0. The molecule has 0 amide bonds. The number of Topliss-reactive ketones (excluding diaryl/α,β-unsaturated/α-hetero) is 1. The molecule has 0 spiro atoms. The minimum Gasteiger partial charge on any atom is -0.472 e. The number of furan rings is 1. The number of carbonyl (C=O) groups excluding carboxylic acids is 2. The summed E-state index contributed by atoms with van der Waals surface area (Å²) in [7, 11) is 0. The molecule has 3 rings (SSSR count). The molecule has 0 aliphatic heterocycles. The van der Waals surface area contributed by atoms with Crippen molar-refractivity contribution < 1.29 is 18.7 Å². The Labute approximate surface area is 153 Å². The molecule has 4 nitrogen and oxygen atoms in total. The van der Waals surface area contributed by atoms with Gasteiger partial charge in [-0.25, -0.2) is 0 Å². The Balaban J connectivity index is 2.27. The predicted octanol–water partition coefficient (Wildman–Crippen LogP) is 5.33. The number of ketones is 1. The molecular weight excluding hydrogens is 328 g/mol. The maximum Gasteiger partial charge on any atom is 0.298 e. The van der Waals surface area contributed by atoms with Crippen molar-refractivity contribution in [1.29, 1.82) is 0 Å². The standard InChI is InChI=1S/C22H22O4/c1-2-16-8-6-7-11-19(26-15-23)21(22(24)18-12-13-25-14-18)20(16)17-9-4-3-5-10-17/h3-5,9-10,12-15H,2,6-8,11H2,1H3/b20-16+,21-19-. The molecule has 0 atom stereocenters. The highest BCUT2D eigenvalue weighted by Crippen LogP contribution is 2.38. The number of allylic oxidation sites excluding steroid dienone is 4. The van der Waals surface area contributed by atoms with Gasteiger partial charge in [-0.1, -0.05) is 42.8 Å². The number of hydrogen-bond acceptors (Lipinski definition) is 4. The van der Waals surface area contributed by atoms with E-state index in [0.29, 0.717) is 29.8 Å². The van der Waals surface area contributed by atoms with E-state index in [0.717, 1.165) is 36.8 Å². The first-order valence-electron chi connectivity index (χ1n) is 8.94. The lowest BCUT2D eigenvalue weighted by molar-refractivity contribution is -0.125. The van der Waals surface area contributed by atoms with E-state index in [9.17, 15) is 9.59 Å². The third kappa shape index (κ3) is 3.69. The molecule has 26 heavy (non-hydrogen) atoms. The van der Waals surface area contributed by atoms with Gasteiger partial charge >= 0.3 is 0 Å². The average molecular weight is 350 g/mol. The monoisotopic (exact) mass is 350 g/mol. The van der Waals surface area contributed by atoms with Gasteiger partial charge < -0.3 is 9.15 Å². The van der Waals surface area contributed by atoms with E-state index < -0.39 is 0 Å². The van der Waals surface area contributed by atoms with Gasteiger partial charge in [0.25, 0.3) is 6.47 Å². The fourth-order valence-corrected chi connectivity index (χ4v) is 3.45. The average Bonchev–Trinajstić information content (AvgIpc) is 3.19. The summed E-state index contributed by atoms with van der Waals surface area (Å²) < 4.78 is 10.4. The molecule has 0 fully saturated rings. The van der Waals surface area contributed by atoms with Gasteiger partial charge in [0.1, 0.15) is 12.0 Å². The zero-order chi connectivity index (χ0) is 18.4. The second-order valence-electron chi connectivity index (χ2n) is 6.26. The van der Waals surface area contributed by atoms with Crippen LogP contribution in [0.5, 0.6) is 0 Å². The highest BCUT2D eigenvalue weighted by molar-refractivity contribution is 6.19. The molecule has 0 N–H and O–H groups in total. The lowest BCUT2D eigenvalue weighted by Gasteiger charge is -2.22. The highest BCUT2D eigenvalue weighted by atomic mass is 16.5. The lowest BCUT2D eigenvalue weighted by Crippen LogP contribution is -2.13. The van der Waals surface area contributed by atoms with Crippen LogP contribution >= 0.6 is 0 Å². The Kier molecular flexibility index (Phi) is 5.84. The van der Waals surface area contributed by atoms with Gasteiger partial charge in [0.15, 0.2) is 5.78 Å². The van der Waals surface area contributed by atoms with Crippen LogP contribution in [0.3, 0.4) is 0 Å². The molecule has 0 unspecified atom stereocenters. The Hall–Kier alpha value is -2.88. The van der Waals surface area contributed by atoms with Crippen LogP contribution in [0.1, 0.15) is 54.9 Å². The summed E-state index contributed by atoms with van der Waals surface area (Å²) in [5.41, 5.74) is 3.98. The van der Waals surface area contributed by atoms with Crippen LogP contribution in [-0.2, 0) is 9.53 Å². The van der Waals surface area contributed by atoms with Crippen LogP contribution < -0.4 is 0 Å². The summed E-state index contributed by atoms with van der Waals surface area (Å²) in [6.45, 7) is 2.51. The van der Waals surface area contributed by atoms with Crippen LogP contribution in [0.25, 0.3) is 5.57 Å². The SMILES string of the molecule is CC/C1=C(c2ccccc2)\C(C(=O)c2ccoc2)=C(\OC=O)CCCC1. The van der Waals surface area contributed by atoms with Gasteiger partial charge in [-0.2, -0.15) is 0 Å². The Morgan fingerprint density at radius 1 is 1.15 bits per heavy atom. The summed E-state index contributed by atoms with van der Waals surface area (Å²) in [6.07, 6.45) is 7.10. The molecule has 0 saturated heterocycles. The minimum absolute atomic E-state index is 0.178. The number of ether oxygens (including phenoxy) is 1. The number of rotatable bonds is 6. The van der Waals surface area contributed by atoms with Crippen LogP contribution in [0, 0.1) is 0 Å². The Bertz CT molecular complexity index is 826. The van der Waals surface area contributed by atoms with E-state index in [-0.39, 0.29) is 5.78 Å². The second kappa shape index (κ2) is 8.48. The van der Waals surface area contributed by atoms with E-state index in [4.69, 9.17) is 9.15 Å². The molecule has 134 valence electrons. The first-order chi connectivity index (χ1) is 12.8. The van der Waals surface area contributed by atoms with Gasteiger partial charge in [-0.3, -0.25) is 9.59 Å². The van der Waals surface area contributed by atoms with Gasteiger partial charge in [0.2, 0.25) is 0 Å². The zero-order valence-electron chi connectivity index (χ0n) is 14.9. The second-order valence-corrected chi connectivity index (χ2v) is 6.26. The van der Waals surface area contributed by atoms with E-state index in [2.05, 4.69) is 6.92 Å². The van der Waals surface area contributed by atoms with Gasteiger partial charge in [0.05, 0.1) is 17.4 Å². The van der Waals surface area contributed by atoms with Gasteiger partial charge in [-0.05, 0) is 42.9 Å². The topological polar surface area (TPSA) is 56.5 Å². The third-order valence-corrected chi connectivity index (χ3v) is 4.70. The zero-order valence-corrected chi connectivity index (χ0v) is 14.9. The van der Waals surface area contributed by atoms with Crippen LogP contribution in [-0.4, -0.2) is 12.3 Å². The van der Waals surface area contributed by atoms with Gasteiger partial charge in [-0.15, -0.1) is 0 Å². The first-order valence-corrected chi connectivity index (χ1v) is 8.94. The van der Waals surface area contributed by atoms with Gasteiger partial charge in [0, 0.05) is 6.42 Å². The highest BCUT2D eigenvalue weighted by Gasteiger charge is 2.27. The third-order valence-electron chi connectivity index (χ3n) is 4.70. The fraction of sp³-hybridized carbons (Fsp3) is 0.273. The molecule has 2 aromatic rings. The van der Waals surface area contributed by atoms with Crippen molar-refractivity contribution in [2.24, 2.45) is 0 Å². The number of hydrogen-bond donors (Lipinski definition) is 0. The fourth-order valence-electron chi connectivity index (χ4n) is 3.45. The number of carbonyl (C=O) groups is 2. The van der Waals surface area contributed by atoms with Crippen molar-refractivity contribution in [1.82, 2.24) is 0 Å². The van der Waals surface area contributed by atoms with Crippen molar-refractivity contribution in [2.45, 2.75) is 39.0 Å². The molecule has 0 radical (unpaired) electrons. The van der Waals surface area contributed by atoms with Crippen molar-refractivity contribution >= 4 is 17.8 Å². The van der Waals surface area contributed by atoms with Crippen molar-refractivity contribution in [3.05, 3.63) is 77.0 Å². The quantitative estimate of drug-likeness (QED) is 0.522. The molecular formula is C22H22O4. The van der Waals surface area contributed by atoms with E-state index in [1.807, 2.05) is 30.3 Å². The largest absolute Gasteiger partial charge is 0.472 e. The maximum absolute atomic E-state index is 13.3. The first kappa shape index (κ1) is 17.9. The van der Waals surface area contributed by atoms with Crippen molar-refractivity contribution in [2.75, 3.05) is 0 Å². The van der Waals surface area contributed by atoms with Crippen molar-refractivity contribution in [3.63, 3.8) is 0 Å². The summed E-state index contributed by atoms with van der Waals surface area (Å²) in [5.74, 6) is 0.262. The van der Waals surface area contributed by atoms with Crippen molar-refractivity contribution in [3.8, 4) is 0 Å². The molecule has 4 heteroatoms. The molecule has 0 saturated carbocycles. The van der Waals surface area contributed by atoms with Crippen LogP contribution in [0.15, 0.2) is 70.2 Å². The summed E-state index contributed by atoms with van der Waals surface area (Å²) in [5, 5.41) is 0. The molecule has 1 aromatic heterocycles. The van der Waals surface area contributed by atoms with Crippen LogP contribution in [0.4, 0.5) is 0 Å². The summed E-state index contributed by atoms with van der Waals surface area (Å²) in [6, 6.07) is 11.5. The van der Waals surface area contributed by atoms with E-state index in [1.54, 1.807) is 6.07 Å². The minimum atomic E-state index is -0.178. The molecule has 1 aliphatic carbocycles. The van der Waals surface area contributed by atoms with E-state index >= 15 is 0 Å².